The van der Waals surface area contributed by atoms with Crippen molar-refractivity contribution in [3.05, 3.63) is 47.6 Å². The number of ether oxygens (including phenoxy) is 5. The average Bonchev–Trinajstić information content (AvgIpc) is 3.27. The molecule has 4 bridgehead atoms. The van der Waals surface area contributed by atoms with E-state index in [0.29, 0.717) is 69.8 Å². The number of hydrogen-bond acceptors (Lipinski definition) is 13. The highest BCUT2D eigenvalue weighted by atomic mass is 16.6. The van der Waals surface area contributed by atoms with Crippen molar-refractivity contribution >= 4 is 29.2 Å². The third-order valence-electron chi connectivity index (χ3n) is 14.9. The van der Waals surface area contributed by atoms with E-state index in [2.05, 4.69) is 0 Å². The largest absolute Gasteiger partial charge is 0.460 e. The second kappa shape index (κ2) is 22.9. The minimum Gasteiger partial charge on any atom is -0.460 e. The number of fused-ring (bicyclic) bond motifs is 4. The quantitative estimate of drug-likeness (QED) is 0.181. The van der Waals surface area contributed by atoms with Gasteiger partial charge in [0.1, 0.15) is 30.1 Å². The lowest BCUT2D eigenvalue weighted by Crippen LogP contribution is -2.65. The molecule has 358 valence electrons. The van der Waals surface area contributed by atoms with Gasteiger partial charge in [-0.3, -0.25) is 19.2 Å². The molecule has 3 saturated heterocycles. The Kier molecular flexibility index (Phi) is 18.5. The second-order valence-corrected chi connectivity index (χ2v) is 19.5. The number of carbonyl (C=O) groups excluding carboxylic acids is 5. The standard InChI is InChI=1S/C50H75NO13/c1-28-14-11-10-12-15-29(2)40(60-7)26-35-19-17-33(6)50(59,64-35)47(56)48(57)51-21-13-16-36-37(24-34-18-20-38(52)42(25-34)61-8)41(63-49(58)43(36)51)27-39(53)30(3)23-32(5)45(55)46(62-9)44(54)31(4)22-28/h10-12,14-15,23,28,30-31,33-38,40-43,45-46,52,55,59H,13,16-22,24-27H2,1-9H3/b12-10+,14-11+,29-15+,32-23+/t28?,30?,31-,33-,34+,35+,36-,37?,38?,40+,41+,42-,43+,45-,46+,50-/m1/s1. The normalized spacial score (nSPS) is 43.2. The number of esters is 1. The molecule has 0 aromatic heterocycles. The number of nitrogens with zero attached hydrogens (tertiary/aromatic N) is 1. The number of hydrogen-bond donors (Lipinski definition) is 3. The molecule has 4 unspecified atom stereocenters. The summed E-state index contributed by atoms with van der Waals surface area (Å²) in [6.45, 7) is 10.9. The van der Waals surface area contributed by atoms with Crippen LogP contribution in [-0.2, 0) is 47.7 Å². The molecule has 1 aliphatic carbocycles. The first-order valence-electron chi connectivity index (χ1n) is 23.5. The fraction of sp³-hybridized carbons (Fsp3) is 0.740. The van der Waals surface area contributed by atoms with Gasteiger partial charge in [-0.15, -0.1) is 0 Å². The summed E-state index contributed by atoms with van der Waals surface area (Å²) in [5.41, 5.74) is 1.28. The number of aliphatic hydroxyl groups is 3. The Hall–Kier alpha value is -3.37. The van der Waals surface area contributed by atoms with Crippen molar-refractivity contribution in [1.29, 1.82) is 0 Å². The van der Waals surface area contributed by atoms with Crippen LogP contribution in [0.4, 0.5) is 0 Å². The highest BCUT2D eigenvalue weighted by molar-refractivity contribution is 6.39. The number of Topliss-reactive ketones (excluding diaryl/α,β-unsaturated/α-hetero) is 3. The Balaban J connectivity index is 1.51. The number of amides is 1. The number of methoxy groups -OCH3 is 3. The van der Waals surface area contributed by atoms with E-state index in [1.54, 1.807) is 41.1 Å². The lowest BCUT2D eigenvalue weighted by molar-refractivity contribution is -0.266. The van der Waals surface area contributed by atoms with Gasteiger partial charge in [-0.05, 0) is 101 Å². The van der Waals surface area contributed by atoms with Crippen LogP contribution < -0.4 is 0 Å². The Bertz CT molecular complexity index is 1790. The minimum atomic E-state index is -2.43. The maximum atomic E-state index is 14.4. The van der Waals surface area contributed by atoms with Crippen LogP contribution in [0.3, 0.4) is 0 Å². The van der Waals surface area contributed by atoms with Crippen LogP contribution in [0.2, 0.25) is 0 Å². The zero-order valence-corrected chi connectivity index (χ0v) is 39.5. The van der Waals surface area contributed by atoms with Crippen LogP contribution in [0, 0.1) is 41.4 Å². The topological polar surface area (TPSA) is 195 Å². The number of ketones is 3. The molecule has 4 fully saturated rings. The van der Waals surface area contributed by atoms with Crippen LogP contribution in [0.15, 0.2) is 47.6 Å². The molecule has 3 N–H and O–H groups in total. The fourth-order valence-electron chi connectivity index (χ4n) is 10.9. The molecule has 16 atom stereocenters. The molecule has 1 amide bonds. The van der Waals surface area contributed by atoms with Crippen LogP contribution in [-0.4, -0.2) is 132 Å². The number of allylic oxidation sites excluding steroid dienone is 6. The number of piperidine rings is 1. The Morgan fingerprint density at radius 3 is 2.27 bits per heavy atom. The van der Waals surface area contributed by atoms with Crippen molar-refractivity contribution in [1.82, 2.24) is 4.90 Å². The molecule has 0 radical (unpaired) electrons. The summed E-state index contributed by atoms with van der Waals surface area (Å²) in [5, 5.41) is 34.1. The van der Waals surface area contributed by atoms with E-state index in [0.717, 1.165) is 5.57 Å². The first kappa shape index (κ1) is 51.6. The molecular weight excluding hydrogens is 823 g/mol. The maximum Gasteiger partial charge on any atom is 0.329 e. The van der Waals surface area contributed by atoms with Gasteiger partial charge < -0.3 is 43.9 Å². The number of aliphatic hydroxyl groups excluding tert-OH is 2. The van der Waals surface area contributed by atoms with E-state index in [9.17, 15) is 39.3 Å². The number of rotatable bonds is 5. The Morgan fingerprint density at radius 2 is 1.58 bits per heavy atom. The molecule has 5 aliphatic rings. The predicted molar refractivity (Wildman–Crippen MR) is 238 cm³/mol. The summed E-state index contributed by atoms with van der Waals surface area (Å²) in [6.07, 6.45) is 10.8. The summed E-state index contributed by atoms with van der Waals surface area (Å²) in [4.78, 5) is 72.0. The first-order chi connectivity index (χ1) is 30.3. The Labute approximate surface area is 379 Å². The van der Waals surface area contributed by atoms with Crippen molar-refractivity contribution in [2.24, 2.45) is 41.4 Å². The van der Waals surface area contributed by atoms with Crippen molar-refractivity contribution in [3.63, 3.8) is 0 Å². The second-order valence-electron chi connectivity index (χ2n) is 19.5. The van der Waals surface area contributed by atoms with Gasteiger partial charge in [0.2, 0.25) is 5.79 Å². The van der Waals surface area contributed by atoms with Gasteiger partial charge in [0.15, 0.2) is 5.78 Å². The van der Waals surface area contributed by atoms with Gasteiger partial charge >= 0.3 is 5.97 Å². The third kappa shape index (κ3) is 12.0. The fourth-order valence-corrected chi connectivity index (χ4v) is 10.9. The van der Waals surface area contributed by atoms with E-state index < -0.39 is 95.7 Å². The summed E-state index contributed by atoms with van der Waals surface area (Å²) in [6, 6.07) is -1.12. The van der Waals surface area contributed by atoms with Gasteiger partial charge in [-0.2, -0.15) is 0 Å². The van der Waals surface area contributed by atoms with Gasteiger partial charge in [-0.1, -0.05) is 64.2 Å². The third-order valence-corrected chi connectivity index (χ3v) is 14.9. The van der Waals surface area contributed by atoms with Crippen molar-refractivity contribution < 1.29 is 63.0 Å². The summed E-state index contributed by atoms with van der Waals surface area (Å²) < 4.78 is 29.4. The van der Waals surface area contributed by atoms with Crippen LogP contribution in [0.1, 0.15) is 112 Å². The number of carbonyl (C=O) groups is 5. The summed E-state index contributed by atoms with van der Waals surface area (Å²) in [5.74, 6) is -8.43. The first-order valence-corrected chi connectivity index (χ1v) is 23.5. The molecule has 0 aromatic carbocycles. The molecule has 5 rings (SSSR count). The molecule has 64 heavy (non-hydrogen) atoms. The molecule has 0 aromatic rings. The molecule has 14 heteroatoms. The molecule has 14 nitrogen and oxygen atoms in total. The zero-order chi connectivity index (χ0) is 47.0. The van der Waals surface area contributed by atoms with E-state index in [4.69, 9.17) is 23.7 Å². The molecule has 4 heterocycles. The van der Waals surface area contributed by atoms with E-state index in [1.807, 2.05) is 51.2 Å². The van der Waals surface area contributed by atoms with Gasteiger partial charge in [0.05, 0.1) is 24.4 Å². The highest BCUT2D eigenvalue weighted by Gasteiger charge is 2.57. The molecule has 4 aliphatic heterocycles. The zero-order valence-electron chi connectivity index (χ0n) is 39.5. The average molecular weight is 898 g/mol. The summed E-state index contributed by atoms with van der Waals surface area (Å²) >= 11 is 0. The van der Waals surface area contributed by atoms with E-state index in [1.165, 1.54) is 12.0 Å². The highest BCUT2D eigenvalue weighted by Crippen LogP contribution is 2.45. The van der Waals surface area contributed by atoms with Crippen molar-refractivity contribution in [2.45, 2.75) is 167 Å². The van der Waals surface area contributed by atoms with Gasteiger partial charge in [0, 0.05) is 64.4 Å². The Morgan fingerprint density at radius 1 is 0.844 bits per heavy atom. The van der Waals surface area contributed by atoms with Gasteiger partial charge in [0.25, 0.3) is 11.7 Å². The monoisotopic (exact) mass is 898 g/mol. The lowest BCUT2D eigenvalue weighted by Gasteiger charge is -2.50. The smallest absolute Gasteiger partial charge is 0.329 e. The molecule has 0 spiro atoms. The van der Waals surface area contributed by atoms with Crippen LogP contribution >= 0.6 is 0 Å². The lowest BCUT2D eigenvalue weighted by atomic mass is 9.68. The van der Waals surface area contributed by atoms with Crippen LogP contribution in [0.25, 0.3) is 0 Å². The van der Waals surface area contributed by atoms with Crippen molar-refractivity contribution in [2.75, 3.05) is 27.9 Å². The SMILES string of the molecule is CO[C@H]1C[C@@H]2CC[C@@H](C)[C@@](O)(O2)C(=O)C(=O)N2CCC[C@@H]3C(C[C@@H]4CCC(O)[C@H](OC)C4)[C@H](CC(=O)C(C)/C=C(\C)[C@@H](O)[C@@H](OC)C(=O)[C@H](C)CC(C)/C=C/C=C/C=C/1C)OC(=O)[C@H]32. The maximum absolute atomic E-state index is 14.4. The molecular formula is C50H75NO13. The minimum absolute atomic E-state index is 0.0231. The predicted octanol–water partition coefficient (Wildman–Crippen LogP) is 5.40. The van der Waals surface area contributed by atoms with Crippen LogP contribution in [0.5, 0.6) is 0 Å². The van der Waals surface area contributed by atoms with Crippen molar-refractivity contribution in [3.8, 4) is 0 Å². The molecule has 1 saturated carbocycles. The summed E-state index contributed by atoms with van der Waals surface area (Å²) in [7, 11) is 4.52. The van der Waals surface area contributed by atoms with E-state index in [-0.39, 0.29) is 42.5 Å². The van der Waals surface area contributed by atoms with Gasteiger partial charge in [-0.25, -0.2) is 4.79 Å². The van der Waals surface area contributed by atoms with E-state index >= 15 is 0 Å².